The second kappa shape index (κ2) is 5.81. The summed E-state index contributed by atoms with van der Waals surface area (Å²) < 4.78 is 1.67. The van der Waals surface area contributed by atoms with Crippen LogP contribution >= 0.6 is 11.3 Å². The molecule has 102 valence electrons. The normalized spacial score (nSPS) is 18.5. The van der Waals surface area contributed by atoms with Crippen molar-refractivity contribution in [2.75, 3.05) is 6.61 Å². The molecule has 6 heteroatoms. The van der Waals surface area contributed by atoms with E-state index in [-0.39, 0.29) is 6.61 Å². The Bertz CT molecular complexity index is 536. The zero-order valence-electron chi connectivity index (χ0n) is 10.7. The highest BCUT2D eigenvalue weighted by atomic mass is 32.1. The number of thiophene rings is 1. The molecule has 3 rings (SSSR count). The van der Waals surface area contributed by atoms with Gasteiger partial charge in [-0.05, 0) is 36.3 Å². The third-order valence-electron chi connectivity index (χ3n) is 3.50. The van der Waals surface area contributed by atoms with Crippen LogP contribution in [0.2, 0.25) is 0 Å². The van der Waals surface area contributed by atoms with Gasteiger partial charge in [0.05, 0.1) is 18.8 Å². The predicted octanol–water partition coefficient (Wildman–Crippen LogP) is 1.50. The van der Waals surface area contributed by atoms with E-state index in [2.05, 4.69) is 27.1 Å². The van der Waals surface area contributed by atoms with Gasteiger partial charge in [0.15, 0.2) is 0 Å². The minimum absolute atomic E-state index is 0.0944. The van der Waals surface area contributed by atoms with Crippen molar-refractivity contribution in [1.29, 1.82) is 0 Å². The minimum atomic E-state index is 0.0944. The zero-order chi connectivity index (χ0) is 13.1. The Morgan fingerprint density at radius 1 is 1.53 bits per heavy atom. The molecule has 0 amide bonds. The Morgan fingerprint density at radius 3 is 3.37 bits per heavy atom. The van der Waals surface area contributed by atoms with Crippen molar-refractivity contribution in [3.63, 3.8) is 0 Å². The second-order valence-corrected chi connectivity index (χ2v) is 5.82. The average molecular weight is 278 g/mol. The number of aryl methyl sites for hydroxylation is 1. The lowest BCUT2D eigenvalue weighted by Gasteiger charge is -2.23. The van der Waals surface area contributed by atoms with Crippen LogP contribution in [0.1, 0.15) is 35.0 Å². The van der Waals surface area contributed by atoms with E-state index in [1.165, 1.54) is 29.7 Å². The van der Waals surface area contributed by atoms with Gasteiger partial charge in [-0.3, -0.25) is 0 Å². The lowest BCUT2D eigenvalue weighted by molar-refractivity contribution is 0.268. The lowest BCUT2D eigenvalue weighted by Crippen LogP contribution is -2.24. The maximum absolute atomic E-state index is 8.85. The van der Waals surface area contributed by atoms with Crippen molar-refractivity contribution < 1.29 is 5.11 Å². The molecule has 0 aromatic carbocycles. The Balaban J connectivity index is 1.61. The minimum Gasteiger partial charge on any atom is -0.394 e. The fourth-order valence-corrected chi connectivity index (χ4v) is 3.54. The fourth-order valence-electron chi connectivity index (χ4n) is 2.56. The van der Waals surface area contributed by atoms with E-state index in [0.717, 1.165) is 12.2 Å². The monoisotopic (exact) mass is 278 g/mol. The summed E-state index contributed by atoms with van der Waals surface area (Å²) in [4.78, 5) is 1.52. The number of aliphatic hydroxyl groups is 1. The van der Waals surface area contributed by atoms with Gasteiger partial charge in [0.2, 0.25) is 0 Å². The highest BCUT2D eigenvalue weighted by Gasteiger charge is 2.20. The number of aromatic nitrogens is 3. The van der Waals surface area contributed by atoms with Gasteiger partial charge in [-0.1, -0.05) is 5.21 Å². The van der Waals surface area contributed by atoms with Gasteiger partial charge in [0.25, 0.3) is 0 Å². The van der Waals surface area contributed by atoms with Gasteiger partial charge in [0.1, 0.15) is 0 Å². The molecule has 0 aliphatic heterocycles. The lowest BCUT2D eigenvalue weighted by atomic mass is 9.94. The second-order valence-electron chi connectivity index (χ2n) is 4.82. The van der Waals surface area contributed by atoms with E-state index in [1.54, 1.807) is 4.68 Å². The molecular formula is C13H18N4OS. The van der Waals surface area contributed by atoms with Crippen molar-refractivity contribution in [1.82, 2.24) is 20.3 Å². The number of rotatable bonds is 5. The van der Waals surface area contributed by atoms with Gasteiger partial charge in [-0.25, -0.2) is 4.68 Å². The molecule has 2 aromatic heterocycles. The smallest absolute Gasteiger partial charge is 0.0965 e. The largest absolute Gasteiger partial charge is 0.394 e. The summed E-state index contributed by atoms with van der Waals surface area (Å²) in [6, 6.07) is 2.68. The summed E-state index contributed by atoms with van der Waals surface area (Å²) in [6.45, 7) is 1.33. The molecule has 1 unspecified atom stereocenters. The first-order chi connectivity index (χ1) is 9.36. The number of aliphatic hydroxyl groups excluding tert-OH is 1. The van der Waals surface area contributed by atoms with Crippen LogP contribution in [0.5, 0.6) is 0 Å². The Morgan fingerprint density at radius 2 is 2.47 bits per heavy atom. The van der Waals surface area contributed by atoms with Crippen molar-refractivity contribution in [3.05, 3.63) is 33.8 Å². The van der Waals surface area contributed by atoms with E-state index in [1.807, 2.05) is 17.5 Å². The summed E-state index contributed by atoms with van der Waals surface area (Å²) in [6.07, 6.45) is 5.55. The van der Waals surface area contributed by atoms with E-state index in [9.17, 15) is 0 Å². The highest BCUT2D eigenvalue weighted by Crippen LogP contribution is 2.33. The Kier molecular flexibility index (Phi) is 3.91. The van der Waals surface area contributed by atoms with E-state index in [0.29, 0.717) is 12.6 Å². The molecule has 19 heavy (non-hydrogen) atoms. The van der Waals surface area contributed by atoms with Crippen molar-refractivity contribution in [2.24, 2.45) is 0 Å². The Labute approximate surface area is 116 Å². The molecule has 0 fully saturated rings. The topological polar surface area (TPSA) is 63.0 Å². The summed E-state index contributed by atoms with van der Waals surface area (Å²) in [5, 5.41) is 22.7. The molecule has 1 aliphatic rings. The van der Waals surface area contributed by atoms with Gasteiger partial charge in [0, 0.05) is 23.7 Å². The first-order valence-corrected chi connectivity index (χ1v) is 7.54. The first kappa shape index (κ1) is 12.8. The number of nitrogens with one attached hydrogen (secondary N) is 1. The van der Waals surface area contributed by atoms with Crippen LogP contribution in [0.3, 0.4) is 0 Å². The van der Waals surface area contributed by atoms with Crippen LogP contribution in [-0.4, -0.2) is 26.7 Å². The van der Waals surface area contributed by atoms with Crippen molar-refractivity contribution >= 4 is 11.3 Å². The molecule has 1 aliphatic carbocycles. The quantitative estimate of drug-likeness (QED) is 0.870. The number of hydrogen-bond acceptors (Lipinski definition) is 5. The van der Waals surface area contributed by atoms with Crippen LogP contribution in [0, 0.1) is 0 Å². The fraction of sp³-hybridized carbons (Fsp3) is 0.538. The summed E-state index contributed by atoms with van der Waals surface area (Å²) in [5.41, 5.74) is 2.38. The van der Waals surface area contributed by atoms with Gasteiger partial charge in [-0.15, -0.1) is 16.4 Å². The number of nitrogens with zero attached hydrogens (tertiary/aromatic N) is 3. The first-order valence-electron chi connectivity index (χ1n) is 6.66. The van der Waals surface area contributed by atoms with Crippen molar-refractivity contribution in [2.45, 2.75) is 38.4 Å². The standard InChI is InChI=1S/C13H18N4OS/c18-6-5-17-9-10(15-16-17)8-14-12-2-1-3-13-11(12)4-7-19-13/h4,7,9,12,14,18H,1-3,5-6,8H2. The number of hydrogen-bond donors (Lipinski definition) is 2. The predicted molar refractivity (Wildman–Crippen MR) is 73.9 cm³/mol. The molecule has 0 saturated carbocycles. The zero-order valence-corrected chi connectivity index (χ0v) is 11.6. The number of fused-ring (bicyclic) bond motifs is 1. The van der Waals surface area contributed by atoms with Crippen LogP contribution in [0.4, 0.5) is 0 Å². The van der Waals surface area contributed by atoms with Crippen LogP contribution in [0.15, 0.2) is 17.6 Å². The SMILES string of the molecule is OCCn1cc(CNC2CCCc3sccc32)nn1. The maximum atomic E-state index is 8.85. The third kappa shape index (κ3) is 2.86. The molecule has 0 bridgehead atoms. The van der Waals surface area contributed by atoms with Crippen molar-refractivity contribution in [3.8, 4) is 0 Å². The van der Waals surface area contributed by atoms with Crippen LogP contribution in [-0.2, 0) is 19.5 Å². The third-order valence-corrected chi connectivity index (χ3v) is 4.49. The van der Waals surface area contributed by atoms with Gasteiger partial charge < -0.3 is 10.4 Å². The molecule has 0 spiro atoms. The summed E-state index contributed by atoms with van der Waals surface area (Å²) >= 11 is 1.86. The maximum Gasteiger partial charge on any atom is 0.0965 e. The molecule has 2 aromatic rings. The van der Waals surface area contributed by atoms with E-state index >= 15 is 0 Å². The molecule has 2 N–H and O–H groups in total. The van der Waals surface area contributed by atoms with Gasteiger partial charge >= 0.3 is 0 Å². The molecule has 5 nitrogen and oxygen atoms in total. The summed E-state index contributed by atoms with van der Waals surface area (Å²) in [5.74, 6) is 0. The van der Waals surface area contributed by atoms with E-state index < -0.39 is 0 Å². The highest BCUT2D eigenvalue weighted by molar-refractivity contribution is 7.10. The summed E-state index contributed by atoms with van der Waals surface area (Å²) in [7, 11) is 0. The van der Waals surface area contributed by atoms with Gasteiger partial charge in [-0.2, -0.15) is 0 Å². The molecular weight excluding hydrogens is 260 g/mol. The molecule has 1 atom stereocenters. The molecule has 0 saturated heterocycles. The van der Waals surface area contributed by atoms with E-state index in [4.69, 9.17) is 5.11 Å². The molecule has 2 heterocycles. The molecule has 0 radical (unpaired) electrons. The van der Waals surface area contributed by atoms with Crippen LogP contribution < -0.4 is 5.32 Å². The Hall–Kier alpha value is -1.24. The average Bonchev–Trinajstić information content (AvgIpc) is 3.05. The van der Waals surface area contributed by atoms with Crippen LogP contribution in [0.25, 0.3) is 0 Å².